The number of carbonyl (C=O) groups excluding carboxylic acids is 1. The molecule has 0 aliphatic carbocycles. The van der Waals surface area contributed by atoms with Crippen LogP contribution in [-0.2, 0) is 14.8 Å². The monoisotopic (exact) mass is 340 g/mol. The first kappa shape index (κ1) is 17.9. The molecule has 1 aromatic rings. The highest BCUT2D eigenvalue weighted by molar-refractivity contribution is 7.89. The summed E-state index contributed by atoms with van der Waals surface area (Å²) in [4.78, 5) is 14.2. The number of benzene rings is 1. The second-order valence-electron chi connectivity index (χ2n) is 6.72. The largest absolute Gasteiger partial charge is 0.327 e. The quantitative estimate of drug-likeness (QED) is 0.730. The fraction of sp³-hybridized carbons (Fsp3) is 0.533. The predicted molar refractivity (Wildman–Crippen MR) is 89.3 cm³/mol. The predicted octanol–water partition coefficient (Wildman–Crippen LogP) is 0.332. The van der Waals surface area contributed by atoms with Crippen LogP contribution in [0.4, 0.5) is 5.69 Å². The number of sulfonamides is 1. The molecule has 0 bridgehead atoms. The number of likely N-dealkylation sites (tertiary alicyclic amines) is 1. The molecule has 1 aliphatic rings. The number of rotatable bonds is 4. The molecule has 0 aromatic heterocycles. The summed E-state index contributed by atoms with van der Waals surface area (Å²) in [6.45, 7) is 5.96. The third-order valence-electron chi connectivity index (χ3n) is 4.20. The third kappa shape index (κ3) is 4.74. The van der Waals surface area contributed by atoms with E-state index in [1.54, 1.807) is 12.1 Å². The van der Waals surface area contributed by atoms with Gasteiger partial charge in [0.2, 0.25) is 15.9 Å². The molecule has 0 saturated carbocycles. The minimum absolute atomic E-state index is 0.0274. The second-order valence-corrected chi connectivity index (χ2v) is 8.28. The van der Waals surface area contributed by atoms with E-state index >= 15 is 0 Å². The van der Waals surface area contributed by atoms with Gasteiger partial charge in [-0.15, -0.1) is 0 Å². The van der Waals surface area contributed by atoms with Gasteiger partial charge in [0.1, 0.15) is 0 Å². The lowest BCUT2D eigenvalue weighted by Gasteiger charge is -2.42. The van der Waals surface area contributed by atoms with E-state index < -0.39 is 10.0 Å². The summed E-state index contributed by atoms with van der Waals surface area (Å²) in [6, 6.07) is 6.04. The minimum Gasteiger partial charge on any atom is -0.327 e. The lowest BCUT2D eigenvalue weighted by Crippen LogP contribution is -2.53. The first-order valence-electron chi connectivity index (χ1n) is 7.48. The molecule has 1 aliphatic heterocycles. The van der Waals surface area contributed by atoms with Gasteiger partial charge in [0.25, 0.3) is 0 Å². The van der Waals surface area contributed by atoms with Crippen LogP contribution in [0.15, 0.2) is 29.2 Å². The summed E-state index contributed by atoms with van der Waals surface area (Å²) in [7, 11) is -3.79. The van der Waals surface area contributed by atoms with Crippen LogP contribution in [0.2, 0.25) is 0 Å². The molecule has 8 heteroatoms. The summed E-state index contributed by atoms with van der Waals surface area (Å²) < 4.78 is 22.7. The summed E-state index contributed by atoms with van der Waals surface area (Å²) in [5.74, 6) is -0.192. The highest BCUT2D eigenvalue weighted by atomic mass is 32.2. The van der Waals surface area contributed by atoms with Crippen LogP contribution in [-0.4, -0.2) is 44.9 Å². The van der Waals surface area contributed by atoms with Crippen LogP contribution in [0.3, 0.4) is 0 Å². The molecule has 1 amide bonds. The molecule has 1 aromatic carbocycles. The maximum atomic E-state index is 12.2. The Hall–Kier alpha value is -1.48. The second kappa shape index (κ2) is 6.56. The molecule has 1 saturated heterocycles. The molecule has 23 heavy (non-hydrogen) atoms. The zero-order valence-electron chi connectivity index (χ0n) is 13.5. The highest BCUT2D eigenvalue weighted by Crippen LogP contribution is 2.27. The Bertz CT molecular complexity index is 688. The zero-order valence-corrected chi connectivity index (χ0v) is 14.3. The maximum absolute atomic E-state index is 12.2. The number of primary sulfonamides is 1. The third-order valence-corrected chi connectivity index (χ3v) is 5.12. The Labute approximate surface area is 137 Å². The highest BCUT2D eigenvalue weighted by Gasteiger charge is 2.33. The molecule has 0 spiro atoms. The van der Waals surface area contributed by atoms with Gasteiger partial charge in [-0.3, -0.25) is 9.69 Å². The van der Waals surface area contributed by atoms with Crippen molar-refractivity contribution in [2.75, 3.05) is 25.0 Å². The topological polar surface area (TPSA) is 119 Å². The molecule has 1 unspecified atom stereocenters. The average Bonchev–Trinajstić information content (AvgIpc) is 2.42. The lowest BCUT2D eigenvalue weighted by molar-refractivity contribution is -0.118. The zero-order chi connectivity index (χ0) is 17.3. The van der Waals surface area contributed by atoms with Crippen molar-refractivity contribution >= 4 is 21.6 Å². The molecular weight excluding hydrogens is 316 g/mol. The first-order valence-corrected chi connectivity index (χ1v) is 9.03. The number of nitrogens with one attached hydrogen (secondary N) is 1. The summed E-state index contributed by atoms with van der Waals surface area (Å²) in [5.41, 5.74) is 6.47. The van der Waals surface area contributed by atoms with Gasteiger partial charge in [0.15, 0.2) is 0 Å². The molecule has 1 atom stereocenters. The van der Waals surface area contributed by atoms with Crippen LogP contribution < -0.4 is 16.2 Å². The van der Waals surface area contributed by atoms with Gasteiger partial charge in [0.05, 0.1) is 11.4 Å². The van der Waals surface area contributed by atoms with Crippen molar-refractivity contribution in [3.05, 3.63) is 24.3 Å². The van der Waals surface area contributed by atoms with Crippen molar-refractivity contribution < 1.29 is 13.2 Å². The Morgan fingerprint density at radius 3 is 2.74 bits per heavy atom. The Morgan fingerprint density at radius 1 is 1.43 bits per heavy atom. The van der Waals surface area contributed by atoms with Crippen LogP contribution in [0, 0.1) is 5.41 Å². The van der Waals surface area contributed by atoms with Crippen LogP contribution in [0.5, 0.6) is 0 Å². The fourth-order valence-electron chi connectivity index (χ4n) is 2.77. The van der Waals surface area contributed by atoms with E-state index in [0.717, 1.165) is 19.5 Å². The Morgan fingerprint density at radius 2 is 2.13 bits per heavy atom. The number of hydrogen-bond donors (Lipinski definition) is 3. The van der Waals surface area contributed by atoms with Gasteiger partial charge in [0, 0.05) is 24.8 Å². The van der Waals surface area contributed by atoms with Gasteiger partial charge in [-0.05, 0) is 30.0 Å². The lowest BCUT2D eigenvalue weighted by atomic mass is 9.80. The molecule has 128 valence electrons. The van der Waals surface area contributed by atoms with Crippen molar-refractivity contribution in [3.63, 3.8) is 0 Å². The van der Waals surface area contributed by atoms with Gasteiger partial charge in [-0.25, -0.2) is 13.6 Å². The van der Waals surface area contributed by atoms with E-state index in [2.05, 4.69) is 24.1 Å². The van der Waals surface area contributed by atoms with E-state index in [1.807, 2.05) is 0 Å². The summed E-state index contributed by atoms with van der Waals surface area (Å²) >= 11 is 0. The molecule has 1 fully saturated rings. The summed E-state index contributed by atoms with van der Waals surface area (Å²) in [5, 5.41) is 7.80. The van der Waals surface area contributed by atoms with Crippen LogP contribution in [0.25, 0.3) is 0 Å². The van der Waals surface area contributed by atoms with E-state index in [1.165, 1.54) is 12.1 Å². The minimum atomic E-state index is -3.79. The number of piperidine rings is 1. The number of nitrogens with zero attached hydrogens (tertiary/aromatic N) is 1. The van der Waals surface area contributed by atoms with Crippen molar-refractivity contribution in [1.29, 1.82) is 0 Å². The van der Waals surface area contributed by atoms with Crippen molar-refractivity contribution in [2.24, 2.45) is 16.3 Å². The molecule has 2 rings (SSSR count). The van der Waals surface area contributed by atoms with E-state index in [9.17, 15) is 13.2 Å². The normalized spacial score (nSPS) is 21.8. The maximum Gasteiger partial charge on any atom is 0.238 e. The molecular formula is C15H24N4O3S. The Kier molecular flexibility index (Phi) is 5.10. The Balaban J connectivity index is 1.98. The van der Waals surface area contributed by atoms with Crippen molar-refractivity contribution in [2.45, 2.75) is 31.2 Å². The average molecular weight is 340 g/mol. The first-order chi connectivity index (χ1) is 10.6. The standard InChI is InChI=1S/C15H24N4O3S/c1-15(2)10-19(7-6-13(15)16)9-14(20)18-11-4-3-5-12(8-11)23(17,21)22/h3-5,8,13H,6-7,9-10,16H2,1-2H3,(H,18,20)(H2,17,21,22). The number of hydrogen-bond acceptors (Lipinski definition) is 5. The molecule has 7 nitrogen and oxygen atoms in total. The van der Waals surface area contributed by atoms with Crippen molar-refractivity contribution in [1.82, 2.24) is 4.90 Å². The molecule has 5 N–H and O–H groups in total. The molecule has 1 heterocycles. The SMILES string of the molecule is CC1(C)CN(CC(=O)Nc2cccc(S(N)(=O)=O)c2)CCC1N. The number of amides is 1. The van der Waals surface area contributed by atoms with Gasteiger partial charge in [-0.2, -0.15) is 0 Å². The van der Waals surface area contributed by atoms with E-state index in [-0.39, 0.29) is 28.8 Å². The number of carbonyl (C=O) groups is 1. The summed E-state index contributed by atoms with van der Waals surface area (Å²) in [6.07, 6.45) is 0.848. The number of nitrogens with two attached hydrogens (primary N) is 2. The van der Waals surface area contributed by atoms with Crippen LogP contribution >= 0.6 is 0 Å². The van der Waals surface area contributed by atoms with Crippen molar-refractivity contribution in [3.8, 4) is 0 Å². The number of anilines is 1. The van der Waals surface area contributed by atoms with Gasteiger partial charge >= 0.3 is 0 Å². The van der Waals surface area contributed by atoms with Gasteiger partial charge < -0.3 is 11.1 Å². The van der Waals surface area contributed by atoms with Gasteiger partial charge in [-0.1, -0.05) is 19.9 Å². The van der Waals surface area contributed by atoms with E-state index in [4.69, 9.17) is 10.9 Å². The smallest absolute Gasteiger partial charge is 0.238 e. The molecule has 0 radical (unpaired) electrons. The fourth-order valence-corrected chi connectivity index (χ4v) is 3.33. The van der Waals surface area contributed by atoms with E-state index in [0.29, 0.717) is 5.69 Å². The van der Waals surface area contributed by atoms with Crippen LogP contribution in [0.1, 0.15) is 20.3 Å².